The van der Waals surface area contributed by atoms with Crippen molar-refractivity contribution in [2.75, 3.05) is 0 Å². The first-order valence-corrected chi connectivity index (χ1v) is 3.15. The standard InChI is InChI=1S/C8H12O/c1-7-5-4-6-8(2,3)9-7/h4-6H,1-3H3. The first-order valence-electron chi connectivity index (χ1n) is 3.15. The molecule has 1 aliphatic heterocycles. The van der Waals surface area contributed by atoms with Crippen LogP contribution in [0.1, 0.15) is 20.8 Å². The Morgan fingerprint density at radius 2 is 2.11 bits per heavy atom. The Bertz CT molecular complexity index is 163. The van der Waals surface area contributed by atoms with Crippen LogP contribution < -0.4 is 0 Å². The summed E-state index contributed by atoms with van der Waals surface area (Å²) in [5.41, 5.74) is -0.0984. The van der Waals surface area contributed by atoms with E-state index in [0.29, 0.717) is 0 Å². The summed E-state index contributed by atoms with van der Waals surface area (Å²) in [7, 11) is 0. The number of allylic oxidation sites excluding steroid dienone is 3. The van der Waals surface area contributed by atoms with Gasteiger partial charge in [-0.2, -0.15) is 0 Å². The zero-order valence-corrected chi connectivity index (χ0v) is 6.14. The molecule has 0 aromatic heterocycles. The van der Waals surface area contributed by atoms with E-state index in [-0.39, 0.29) is 5.60 Å². The molecule has 9 heavy (non-hydrogen) atoms. The van der Waals surface area contributed by atoms with Crippen molar-refractivity contribution in [2.24, 2.45) is 0 Å². The third-order valence-electron chi connectivity index (χ3n) is 1.25. The number of hydrogen-bond acceptors (Lipinski definition) is 1. The van der Waals surface area contributed by atoms with Crippen LogP contribution in [0.4, 0.5) is 0 Å². The smallest absolute Gasteiger partial charge is 0.121 e. The average Bonchev–Trinajstić information content (AvgIpc) is 1.60. The molecule has 1 aliphatic rings. The number of rotatable bonds is 0. The molecule has 0 amide bonds. The lowest BCUT2D eigenvalue weighted by Gasteiger charge is -2.25. The van der Waals surface area contributed by atoms with Crippen molar-refractivity contribution < 1.29 is 4.74 Å². The van der Waals surface area contributed by atoms with Crippen LogP contribution in [0.2, 0.25) is 0 Å². The van der Waals surface area contributed by atoms with Crippen LogP contribution in [0, 0.1) is 0 Å². The van der Waals surface area contributed by atoms with Gasteiger partial charge in [0.2, 0.25) is 0 Å². The molecule has 50 valence electrons. The second-order valence-corrected chi connectivity index (χ2v) is 2.84. The molecule has 0 saturated heterocycles. The van der Waals surface area contributed by atoms with Crippen LogP contribution in [0.5, 0.6) is 0 Å². The maximum Gasteiger partial charge on any atom is 0.121 e. The van der Waals surface area contributed by atoms with E-state index in [1.54, 1.807) is 0 Å². The van der Waals surface area contributed by atoms with Crippen molar-refractivity contribution in [1.82, 2.24) is 0 Å². The Hall–Kier alpha value is -0.720. The number of hydrogen-bond donors (Lipinski definition) is 0. The lowest BCUT2D eigenvalue weighted by molar-refractivity contribution is 0.0762. The normalized spacial score (nSPS) is 22.8. The van der Waals surface area contributed by atoms with Crippen molar-refractivity contribution in [3.8, 4) is 0 Å². The molecule has 0 atom stereocenters. The fraction of sp³-hybridized carbons (Fsp3) is 0.500. The molecular formula is C8H12O. The van der Waals surface area contributed by atoms with Crippen molar-refractivity contribution >= 4 is 0 Å². The van der Waals surface area contributed by atoms with Crippen LogP contribution in [-0.4, -0.2) is 5.60 Å². The van der Waals surface area contributed by atoms with E-state index in [1.165, 1.54) is 0 Å². The van der Waals surface area contributed by atoms with Crippen LogP contribution in [0.25, 0.3) is 0 Å². The van der Waals surface area contributed by atoms with Crippen LogP contribution >= 0.6 is 0 Å². The van der Waals surface area contributed by atoms with Crippen molar-refractivity contribution in [3.63, 3.8) is 0 Å². The van der Waals surface area contributed by atoms with Crippen molar-refractivity contribution in [2.45, 2.75) is 26.4 Å². The van der Waals surface area contributed by atoms with Gasteiger partial charge in [0.1, 0.15) is 5.60 Å². The second-order valence-electron chi connectivity index (χ2n) is 2.84. The molecule has 0 spiro atoms. The molecule has 0 radical (unpaired) electrons. The Morgan fingerprint density at radius 3 is 2.44 bits per heavy atom. The van der Waals surface area contributed by atoms with Gasteiger partial charge in [0.15, 0.2) is 0 Å². The summed E-state index contributed by atoms with van der Waals surface area (Å²) in [4.78, 5) is 0. The molecule has 1 nitrogen and oxygen atoms in total. The third kappa shape index (κ3) is 1.60. The highest BCUT2D eigenvalue weighted by molar-refractivity contribution is 5.16. The highest BCUT2D eigenvalue weighted by Gasteiger charge is 2.16. The fourth-order valence-electron chi connectivity index (χ4n) is 0.898. The van der Waals surface area contributed by atoms with E-state index >= 15 is 0 Å². The predicted octanol–water partition coefficient (Wildman–Crippen LogP) is 2.26. The first kappa shape index (κ1) is 6.40. The highest BCUT2D eigenvalue weighted by Crippen LogP contribution is 2.19. The lowest BCUT2D eigenvalue weighted by atomic mass is 10.1. The van der Waals surface area contributed by atoms with Gasteiger partial charge >= 0.3 is 0 Å². The summed E-state index contributed by atoms with van der Waals surface area (Å²) in [5.74, 6) is 0.988. The molecule has 1 rings (SSSR count). The molecule has 0 aliphatic carbocycles. The van der Waals surface area contributed by atoms with Gasteiger partial charge in [-0.3, -0.25) is 0 Å². The molecule has 0 aromatic carbocycles. The molecule has 0 N–H and O–H groups in total. The fourth-order valence-corrected chi connectivity index (χ4v) is 0.898. The Morgan fingerprint density at radius 1 is 1.44 bits per heavy atom. The van der Waals surface area contributed by atoms with Gasteiger partial charge in [0.05, 0.1) is 5.76 Å². The van der Waals surface area contributed by atoms with Gasteiger partial charge < -0.3 is 4.74 Å². The summed E-state index contributed by atoms with van der Waals surface area (Å²) in [6.07, 6.45) is 6.03. The van der Waals surface area contributed by atoms with Gasteiger partial charge in [-0.1, -0.05) is 6.08 Å². The molecule has 0 fully saturated rings. The number of ether oxygens (including phenoxy) is 1. The minimum Gasteiger partial charge on any atom is -0.488 e. The van der Waals surface area contributed by atoms with Gasteiger partial charge in [-0.15, -0.1) is 0 Å². The molecule has 0 unspecified atom stereocenters. The summed E-state index contributed by atoms with van der Waals surface area (Å²) >= 11 is 0. The van der Waals surface area contributed by atoms with Gasteiger partial charge in [-0.25, -0.2) is 0 Å². The van der Waals surface area contributed by atoms with E-state index in [4.69, 9.17) is 4.74 Å². The molecule has 1 heteroatoms. The zero-order valence-electron chi connectivity index (χ0n) is 6.14. The summed E-state index contributed by atoms with van der Waals surface area (Å²) < 4.78 is 5.45. The Labute approximate surface area is 56.0 Å². The molecule has 0 aromatic rings. The van der Waals surface area contributed by atoms with Crippen LogP contribution in [-0.2, 0) is 4.74 Å². The third-order valence-corrected chi connectivity index (χ3v) is 1.25. The quantitative estimate of drug-likeness (QED) is 0.481. The Balaban J connectivity index is 2.73. The van der Waals surface area contributed by atoms with E-state index in [2.05, 4.69) is 0 Å². The maximum absolute atomic E-state index is 5.45. The molecular weight excluding hydrogens is 112 g/mol. The summed E-state index contributed by atoms with van der Waals surface area (Å²) in [5, 5.41) is 0. The minimum absolute atomic E-state index is 0.0984. The van der Waals surface area contributed by atoms with E-state index < -0.39 is 0 Å². The molecule has 0 saturated carbocycles. The Kier molecular flexibility index (Phi) is 1.35. The van der Waals surface area contributed by atoms with E-state index in [9.17, 15) is 0 Å². The highest BCUT2D eigenvalue weighted by atomic mass is 16.5. The molecule has 0 bridgehead atoms. The predicted molar refractivity (Wildman–Crippen MR) is 38.1 cm³/mol. The SMILES string of the molecule is CC1=CC=CC(C)(C)O1. The molecule has 1 heterocycles. The van der Waals surface area contributed by atoms with E-state index in [1.807, 2.05) is 39.0 Å². The van der Waals surface area contributed by atoms with Gasteiger partial charge in [0.25, 0.3) is 0 Å². The zero-order chi connectivity index (χ0) is 6.91. The second kappa shape index (κ2) is 1.90. The topological polar surface area (TPSA) is 9.23 Å². The maximum atomic E-state index is 5.45. The summed E-state index contributed by atoms with van der Waals surface area (Å²) in [6.45, 7) is 6.05. The van der Waals surface area contributed by atoms with Crippen molar-refractivity contribution in [1.29, 1.82) is 0 Å². The van der Waals surface area contributed by atoms with E-state index in [0.717, 1.165) is 5.76 Å². The van der Waals surface area contributed by atoms with Gasteiger partial charge in [0, 0.05) is 0 Å². The first-order chi connectivity index (χ1) is 4.10. The minimum atomic E-state index is -0.0984. The average molecular weight is 124 g/mol. The largest absolute Gasteiger partial charge is 0.488 e. The van der Waals surface area contributed by atoms with Gasteiger partial charge in [-0.05, 0) is 32.9 Å². The monoisotopic (exact) mass is 124 g/mol. The van der Waals surface area contributed by atoms with Crippen LogP contribution in [0.3, 0.4) is 0 Å². The summed E-state index contributed by atoms with van der Waals surface area (Å²) in [6, 6.07) is 0. The lowest BCUT2D eigenvalue weighted by Crippen LogP contribution is -2.21. The van der Waals surface area contributed by atoms with Crippen LogP contribution in [0.15, 0.2) is 24.0 Å². The van der Waals surface area contributed by atoms with Crippen molar-refractivity contribution in [3.05, 3.63) is 24.0 Å².